The topological polar surface area (TPSA) is 147 Å². The van der Waals surface area contributed by atoms with Crippen LogP contribution in [0.3, 0.4) is 0 Å². The number of rotatable bonds is 12. The van der Waals surface area contributed by atoms with Gasteiger partial charge in [0.2, 0.25) is 0 Å². The van der Waals surface area contributed by atoms with Crippen LogP contribution in [0.5, 0.6) is 0 Å². The molecule has 0 aliphatic carbocycles. The van der Waals surface area contributed by atoms with E-state index in [1.165, 1.54) is 22.7 Å². The van der Waals surface area contributed by atoms with Crippen LogP contribution in [0.2, 0.25) is 0 Å². The second kappa shape index (κ2) is 19.4. The number of likely N-dealkylation sites (tertiary alicyclic amines) is 2. The number of sulfonamides is 2. The van der Waals surface area contributed by atoms with Crippen molar-refractivity contribution in [3.8, 4) is 0 Å². The number of fused-ring (bicyclic) bond motifs is 2. The molecule has 360 valence electrons. The van der Waals surface area contributed by atoms with Crippen molar-refractivity contribution in [2.24, 2.45) is 23.7 Å². The van der Waals surface area contributed by atoms with Crippen LogP contribution < -0.4 is 9.80 Å². The summed E-state index contributed by atoms with van der Waals surface area (Å²) in [7, 11) is -6.96. The van der Waals surface area contributed by atoms with E-state index in [1.807, 2.05) is 35.0 Å². The normalized spacial score (nSPS) is 27.2. The van der Waals surface area contributed by atoms with Crippen molar-refractivity contribution >= 4 is 54.1 Å². The van der Waals surface area contributed by atoms with Crippen LogP contribution >= 0.6 is 22.7 Å². The van der Waals surface area contributed by atoms with Crippen LogP contribution in [-0.2, 0) is 40.7 Å². The van der Waals surface area contributed by atoms with Crippen molar-refractivity contribution in [3.63, 3.8) is 0 Å². The molecule has 0 amide bonds. The highest BCUT2D eigenvalue weighted by Crippen LogP contribution is 2.35. The lowest BCUT2D eigenvalue weighted by Crippen LogP contribution is -2.58. The summed E-state index contributed by atoms with van der Waals surface area (Å²) in [5.74, 6) is 2.39. The van der Waals surface area contributed by atoms with Crippen molar-refractivity contribution in [1.29, 1.82) is 0 Å². The molecule has 8 heterocycles. The Kier molecular flexibility index (Phi) is 14.1. The first-order valence-electron chi connectivity index (χ1n) is 23.3. The summed E-state index contributed by atoms with van der Waals surface area (Å²) in [5, 5.41) is 24.3. The van der Waals surface area contributed by atoms with Crippen LogP contribution in [0.1, 0.15) is 38.8 Å². The van der Waals surface area contributed by atoms with Crippen LogP contribution in [0.4, 0.5) is 11.4 Å². The molecule has 6 fully saturated rings. The molecule has 10 rings (SSSR count). The SMILES string of the molecule is CC(C)(O)c1ccc(N2CCN(S(=O)(=O)c3cccs3)C[C@@H]2CN2C[C@H]3COC[C@H]3C2)cc1.CC(C)(O)c1ccc(N2CCN(S(=O)(=O)c3cccs3)C[C@@H]2CN2C[C@H]3COC[C@H]3C2)cc1. The van der Waals surface area contributed by atoms with Gasteiger partial charge in [0.15, 0.2) is 0 Å². The third-order valence-electron chi connectivity index (χ3n) is 14.4. The summed E-state index contributed by atoms with van der Waals surface area (Å²) < 4.78 is 68.4. The zero-order valence-corrected chi connectivity index (χ0v) is 41.8. The predicted molar refractivity (Wildman–Crippen MR) is 260 cm³/mol. The molecule has 2 aromatic heterocycles. The minimum absolute atomic E-state index is 0.0567. The van der Waals surface area contributed by atoms with Gasteiger partial charge >= 0.3 is 0 Å². The summed E-state index contributed by atoms with van der Waals surface area (Å²) in [6.45, 7) is 19.4. The van der Waals surface area contributed by atoms with E-state index in [1.54, 1.807) is 60.6 Å². The maximum absolute atomic E-state index is 13.2. The first-order valence-corrected chi connectivity index (χ1v) is 27.9. The predicted octanol–water partition coefficient (Wildman–Crippen LogP) is 4.87. The van der Waals surface area contributed by atoms with E-state index in [-0.39, 0.29) is 12.1 Å². The molecule has 18 heteroatoms. The fourth-order valence-electron chi connectivity index (χ4n) is 10.7. The second-order valence-corrected chi connectivity index (χ2v) is 26.3. The Hall–Kier alpha value is -2.98. The number of ether oxygens (including phenoxy) is 2. The Morgan fingerprint density at radius 3 is 1.18 bits per heavy atom. The lowest BCUT2D eigenvalue weighted by atomic mass is 9.98. The Morgan fingerprint density at radius 2 is 0.879 bits per heavy atom. The van der Waals surface area contributed by atoms with Gasteiger partial charge in [-0.3, -0.25) is 0 Å². The molecule has 0 radical (unpaired) electrons. The van der Waals surface area contributed by atoms with E-state index in [0.29, 0.717) is 71.4 Å². The molecule has 0 spiro atoms. The molecule has 2 N–H and O–H groups in total. The van der Waals surface area contributed by atoms with E-state index in [0.717, 1.165) is 88.2 Å². The number of anilines is 2. The summed E-state index contributed by atoms with van der Waals surface area (Å²) in [5.41, 5.74) is 2.11. The van der Waals surface area contributed by atoms with Gasteiger partial charge in [-0.05, 0) is 86.0 Å². The van der Waals surface area contributed by atoms with Crippen molar-refractivity contribution in [2.75, 3.05) is 115 Å². The third kappa shape index (κ3) is 10.5. The Labute approximate surface area is 399 Å². The molecule has 14 nitrogen and oxygen atoms in total. The molecule has 6 aliphatic rings. The van der Waals surface area contributed by atoms with Gasteiger partial charge in [-0.2, -0.15) is 8.61 Å². The largest absolute Gasteiger partial charge is 0.386 e. The number of piperazine rings is 2. The zero-order chi connectivity index (χ0) is 46.4. The summed E-state index contributed by atoms with van der Waals surface area (Å²) >= 11 is 2.56. The monoisotopic (exact) mass is 982 g/mol. The summed E-state index contributed by atoms with van der Waals surface area (Å²) in [6, 6.07) is 23.2. The highest BCUT2D eigenvalue weighted by atomic mass is 32.3. The van der Waals surface area contributed by atoms with Gasteiger partial charge in [0.1, 0.15) is 8.42 Å². The van der Waals surface area contributed by atoms with Gasteiger partial charge in [0.25, 0.3) is 20.0 Å². The van der Waals surface area contributed by atoms with Crippen molar-refractivity contribution in [1.82, 2.24) is 18.4 Å². The standard InChI is InChI=1S/2C24H33N3O4S2/c2*1-24(2,28)20-5-7-21(8-6-20)27-10-9-26(33(29,30)23-4-3-11-32-23)15-22(27)14-25-12-18-16-31-17-19(18)13-25/h2*3-8,11,18-19,22,28H,9-10,12-17H2,1-2H3/t2*18-,19+,22-/m00/s1. The van der Waals surface area contributed by atoms with E-state index in [9.17, 15) is 27.0 Å². The number of aliphatic hydroxyl groups is 2. The lowest BCUT2D eigenvalue weighted by Gasteiger charge is -2.43. The van der Waals surface area contributed by atoms with Gasteiger partial charge in [0.05, 0.1) is 49.7 Å². The van der Waals surface area contributed by atoms with Crippen LogP contribution in [-0.4, -0.2) is 163 Å². The van der Waals surface area contributed by atoms with Crippen molar-refractivity contribution in [2.45, 2.75) is 59.4 Å². The Bertz CT molecular complexity index is 2250. The molecule has 6 atom stereocenters. The highest BCUT2D eigenvalue weighted by Gasteiger charge is 2.43. The molecular formula is C48H66N6O8S4. The first kappa shape index (κ1) is 48.1. The number of nitrogens with zero attached hydrogens (tertiary/aromatic N) is 6. The van der Waals surface area contributed by atoms with Crippen LogP contribution in [0, 0.1) is 23.7 Å². The first-order chi connectivity index (χ1) is 31.4. The summed E-state index contributed by atoms with van der Waals surface area (Å²) in [4.78, 5) is 9.67. The van der Waals surface area contributed by atoms with Crippen molar-refractivity contribution < 1.29 is 36.5 Å². The van der Waals surface area contributed by atoms with E-state index in [2.05, 4.69) is 43.9 Å². The molecule has 2 aromatic carbocycles. The maximum Gasteiger partial charge on any atom is 0.252 e. The minimum Gasteiger partial charge on any atom is -0.386 e. The molecule has 0 saturated carbocycles. The van der Waals surface area contributed by atoms with Gasteiger partial charge < -0.3 is 39.3 Å². The third-order valence-corrected chi connectivity index (χ3v) is 20.9. The lowest BCUT2D eigenvalue weighted by molar-refractivity contribution is 0.0780. The number of hydrogen-bond acceptors (Lipinski definition) is 14. The smallest absolute Gasteiger partial charge is 0.252 e. The van der Waals surface area contributed by atoms with Gasteiger partial charge in [0, 0.05) is 114 Å². The maximum atomic E-state index is 13.2. The van der Waals surface area contributed by atoms with E-state index < -0.39 is 31.2 Å². The quantitative estimate of drug-likeness (QED) is 0.200. The fourth-order valence-corrected chi connectivity index (χ4v) is 16.0. The molecule has 4 aromatic rings. The number of benzene rings is 2. The molecule has 0 bridgehead atoms. The number of hydrogen-bond donors (Lipinski definition) is 2. The van der Waals surface area contributed by atoms with E-state index >= 15 is 0 Å². The zero-order valence-electron chi connectivity index (χ0n) is 38.5. The average Bonchev–Trinajstić information content (AvgIpc) is 4.14. The average molecular weight is 983 g/mol. The van der Waals surface area contributed by atoms with Crippen LogP contribution in [0.15, 0.2) is 92.0 Å². The van der Waals surface area contributed by atoms with Crippen molar-refractivity contribution in [3.05, 3.63) is 94.7 Å². The minimum atomic E-state index is -3.48. The second-order valence-electron chi connectivity index (χ2n) is 20.0. The van der Waals surface area contributed by atoms with Gasteiger partial charge in [-0.1, -0.05) is 36.4 Å². The molecule has 6 saturated heterocycles. The molecule has 6 aliphatic heterocycles. The van der Waals surface area contributed by atoms with Crippen LogP contribution in [0.25, 0.3) is 0 Å². The fraction of sp³-hybridized carbons (Fsp3) is 0.583. The highest BCUT2D eigenvalue weighted by molar-refractivity contribution is 7.91. The number of thiophene rings is 2. The Morgan fingerprint density at radius 1 is 0.530 bits per heavy atom. The molecule has 0 unspecified atom stereocenters. The van der Waals surface area contributed by atoms with Gasteiger partial charge in [-0.15, -0.1) is 22.7 Å². The molecule has 66 heavy (non-hydrogen) atoms. The van der Waals surface area contributed by atoms with Gasteiger partial charge in [-0.25, -0.2) is 16.8 Å². The summed E-state index contributed by atoms with van der Waals surface area (Å²) in [6.07, 6.45) is 0. The Balaban J connectivity index is 0.000000166. The van der Waals surface area contributed by atoms with E-state index in [4.69, 9.17) is 9.47 Å². The molecular weight excluding hydrogens is 917 g/mol.